The van der Waals surface area contributed by atoms with Crippen LogP contribution in [0.25, 0.3) is 0 Å². The Bertz CT molecular complexity index is 586. The molecule has 0 spiro atoms. The molecular formula is C16H19FN2S. The molecule has 0 saturated carbocycles. The maximum Gasteiger partial charge on any atom is 0.137 e. The lowest BCUT2D eigenvalue weighted by Gasteiger charge is -2.11. The van der Waals surface area contributed by atoms with Crippen molar-refractivity contribution in [2.45, 2.75) is 42.7 Å². The van der Waals surface area contributed by atoms with E-state index in [1.807, 2.05) is 19.2 Å². The van der Waals surface area contributed by atoms with Crippen molar-refractivity contribution in [3.05, 3.63) is 53.5 Å². The Kier molecular flexibility index (Phi) is 5.15. The van der Waals surface area contributed by atoms with Crippen molar-refractivity contribution < 1.29 is 4.39 Å². The summed E-state index contributed by atoms with van der Waals surface area (Å²) in [5, 5.41) is 0.837. The zero-order valence-electron chi connectivity index (χ0n) is 11.8. The standard InChI is InChI=1S/C16H19FN2S/c1-3-13(18)9-12-8-11(2)16(19-10-12)20-15-7-5-4-6-14(15)17/h4-8,10,13H,3,9,18H2,1-2H3. The maximum absolute atomic E-state index is 13.6. The van der Waals surface area contributed by atoms with E-state index in [2.05, 4.69) is 18.0 Å². The third-order valence-electron chi connectivity index (χ3n) is 3.15. The Morgan fingerprint density at radius 3 is 2.75 bits per heavy atom. The van der Waals surface area contributed by atoms with E-state index in [-0.39, 0.29) is 11.9 Å². The van der Waals surface area contributed by atoms with E-state index < -0.39 is 0 Å². The van der Waals surface area contributed by atoms with E-state index in [1.165, 1.54) is 17.8 Å². The van der Waals surface area contributed by atoms with Crippen LogP contribution in [0.4, 0.5) is 4.39 Å². The van der Waals surface area contributed by atoms with Gasteiger partial charge in [-0.3, -0.25) is 0 Å². The van der Waals surface area contributed by atoms with Gasteiger partial charge >= 0.3 is 0 Å². The molecule has 20 heavy (non-hydrogen) atoms. The Morgan fingerprint density at radius 2 is 2.10 bits per heavy atom. The maximum atomic E-state index is 13.6. The first-order valence-electron chi connectivity index (χ1n) is 6.73. The minimum Gasteiger partial charge on any atom is -0.327 e. The molecule has 0 bridgehead atoms. The highest BCUT2D eigenvalue weighted by atomic mass is 32.2. The fraction of sp³-hybridized carbons (Fsp3) is 0.312. The van der Waals surface area contributed by atoms with Crippen LogP contribution in [0.5, 0.6) is 0 Å². The van der Waals surface area contributed by atoms with E-state index in [1.54, 1.807) is 12.1 Å². The molecule has 2 N–H and O–H groups in total. The Hall–Kier alpha value is -1.39. The third kappa shape index (κ3) is 3.81. The van der Waals surface area contributed by atoms with Gasteiger partial charge in [0, 0.05) is 17.1 Å². The molecule has 0 fully saturated rings. The highest BCUT2D eigenvalue weighted by Crippen LogP contribution is 2.30. The highest BCUT2D eigenvalue weighted by molar-refractivity contribution is 7.99. The summed E-state index contributed by atoms with van der Waals surface area (Å²) in [4.78, 5) is 5.04. The number of halogens is 1. The second-order valence-electron chi connectivity index (χ2n) is 4.87. The van der Waals surface area contributed by atoms with Crippen molar-refractivity contribution in [1.82, 2.24) is 4.98 Å². The zero-order valence-corrected chi connectivity index (χ0v) is 12.6. The lowest BCUT2D eigenvalue weighted by molar-refractivity contribution is 0.602. The quantitative estimate of drug-likeness (QED) is 0.906. The lowest BCUT2D eigenvalue weighted by Crippen LogP contribution is -2.21. The van der Waals surface area contributed by atoms with Gasteiger partial charge in [-0.25, -0.2) is 9.37 Å². The van der Waals surface area contributed by atoms with Crippen LogP contribution < -0.4 is 5.73 Å². The van der Waals surface area contributed by atoms with Gasteiger partial charge in [0.05, 0.1) is 0 Å². The highest BCUT2D eigenvalue weighted by Gasteiger charge is 2.09. The number of rotatable bonds is 5. The Labute approximate surface area is 123 Å². The van der Waals surface area contributed by atoms with Crippen LogP contribution in [-0.2, 0) is 6.42 Å². The summed E-state index contributed by atoms with van der Waals surface area (Å²) in [6.07, 6.45) is 3.62. The van der Waals surface area contributed by atoms with Crippen molar-refractivity contribution in [3.8, 4) is 0 Å². The first-order valence-corrected chi connectivity index (χ1v) is 7.55. The first kappa shape index (κ1) is 15.0. The predicted octanol–water partition coefficient (Wildman–Crippen LogP) is 3.96. The summed E-state index contributed by atoms with van der Waals surface area (Å²) < 4.78 is 13.6. The van der Waals surface area contributed by atoms with Gasteiger partial charge in [0.2, 0.25) is 0 Å². The van der Waals surface area contributed by atoms with Gasteiger partial charge in [-0.15, -0.1) is 0 Å². The zero-order chi connectivity index (χ0) is 14.5. The molecule has 2 rings (SSSR count). The molecule has 0 aliphatic rings. The predicted molar refractivity (Wildman–Crippen MR) is 81.5 cm³/mol. The molecule has 4 heteroatoms. The Morgan fingerprint density at radius 1 is 1.35 bits per heavy atom. The van der Waals surface area contributed by atoms with E-state index in [9.17, 15) is 4.39 Å². The SMILES string of the molecule is CCC(N)Cc1cnc(Sc2ccccc2F)c(C)c1. The Balaban J connectivity index is 2.16. The molecule has 0 saturated heterocycles. The van der Waals surface area contributed by atoms with Gasteiger partial charge in [-0.1, -0.05) is 36.9 Å². The third-order valence-corrected chi connectivity index (χ3v) is 4.32. The second-order valence-corrected chi connectivity index (χ2v) is 5.90. The normalized spacial score (nSPS) is 12.4. The molecule has 1 aromatic carbocycles. The number of nitrogens with two attached hydrogens (primary N) is 1. The second kappa shape index (κ2) is 6.86. The van der Waals surface area contributed by atoms with Crippen LogP contribution in [0.15, 0.2) is 46.5 Å². The van der Waals surface area contributed by atoms with Crippen LogP contribution in [0.3, 0.4) is 0 Å². The number of aryl methyl sites for hydroxylation is 1. The number of benzene rings is 1. The van der Waals surface area contributed by atoms with Crippen LogP contribution in [-0.4, -0.2) is 11.0 Å². The molecule has 1 heterocycles. The molecule has 0 aliphatic heterocycles. The number of pyridine rings is 1. The number of aromatic nitrogens is 1. The molecule has 2 nitrogen and oxygen atoms in total. The molecule has 0 amide bonds. The molecule has 1 aromatic heterocycles. The molecule has 1 atom stereocenters. The van der Waals surface area contributed by atoms with Crippen molar-refractivity contribution in [2.24, 2.45) is 5.73 Å². The molecule has 106 valence electrons. The summed E-state index contributed by atoms with van der Waals surface area (Å²) in [6.45, 7) is 4.07. The first-order chi connectivity index (χ1) is 9.60. The molecule has 2 aromatic rings. The molecular weight excluding hydrogens is 271 g/mol. The van der Waals surface area contributed by atoms with Gasteiger partial charge in [0.1, 0.15) is 10.8 Å². The number of nitrogens with zero attached hydrogens (tertiary/aromatic N) is 1. The fourth-order valence-electron chi connectivity index (χ4n) is 1.92. The monoisotopic (exact) mass is 290 g/mol. The van der Waals surface area contributed by atoms with E-state index in [0.717, 1.165) is 29.0 Å². The van der Waals surface area contributed by atoms with E-state index in [4.69, 9.17) is 5.73 Å². The summed E-state index contributed by atoms with van der Waals surface area (Å²) in [6, 6.07) is 9.01. The fourth-order valence-corrected chi connectivity index (χ4v) is 2.76. The topological polar surface area (TPSA) is 38.9 Å². The van der Waals surface area contributed by atoms with E-state index in [0.29, 0.717) is 4.90 Å². The summed E-state index contributed by atoms with van der Waals surface area (Å²) in [5.74, 6) is -0.212. The van der Waals surface area contributed by atoms with Gasteiger partial charge in [0.15, 0.2) is 0 Å². The van der Waals surface area contributed by atoms with Crippen LogP contribution in [0.2, 0.25) is 0 Å². The van der Waals surface area contributed by atoms with Crippen molar-refractivity contribution >= 4 is 11.8 Å². The van der Waals surface area contributed by atoms with Crippen molar-refractivity contribution in [2.75, 3.05) is 0 Å². The van der Waals surface area contributed by atoms with E-state index >= 15 is 0 Å². The average molecular weight is 290 g/mol. The summed E-state index contributed by atoms with van der Waals surface area (Å²) in [7, 11) is 0. The number of hydrogen-bond donors (Lipinski definition) is 1. The summed E-state index contributed by atoms with van der Waals surface area (Å²) in [5.41, 5.74) is 8.14. The van der Waals surface area contributed by atoms with Crippen molar-refractivity contribution in [3.63, 3.8) is 0 Å². The largest absolute Gasteiger partial charge is 0.327 e. The lowest BCUT2D eigenvalue weighted by atomic mass is 10.1. The average Bonchev–Trinajstić information content (AvgIpc) is 2.44. The molecule has 0 aliphatic carbocycles. The smallest absolute Gasteiger partial charge is 0.137 e. The summed E-state index contributed by atoms with van der Waals surface area (Å²) >= 11 is 1.36. The number of hydrogen-bond acceptors (Lipinski definition) is 3. The van der Waals surface area contributed by atoms with Crippen molar-refractivity contribution in [1.29, 1.82) is 0 Å². The molecule has 1 unspecified atom stereocenters. The minimum atomic E-state index is -0.212. The van der Waals surface area contributed by atoms with Crippen LogP contribution >= 0.6 is 11.8 Å². The van der Waals surface area contributed by atoms with Gasteiger partial charge < -0.3 is 5.73 Å². The van der Waals surface area contributed by atoms with Gasteiger partial charge in [-0.2, -0.15) is 0 Å². The molecule has 0 radical (unpaired) electrons. The van der Waals surface area contributed by atoms with Gasteiger partial charge in [0.25, 0.3) is 0 Å². The van der Waals surface area contributed by atoms with Gasteiger partial charge in [-0.05, 0) is 43.0 Å². The minimum absolute atomic E-state index is 0.168. The van der Waals surface area contributed by atoms with Crippen LogP contribution in [0.1, 0.15) is 24.5 Å². The van der Waals surface area contributed by atoms with Crippen LogP contribution in [0, 0.1) is 12.7 Å².